The molecule has 0 saturated carbocycles. The average Bonchev–Trinajstić information content (AvgIpc) is 2.40. The minimum absolute atomic E-state index is 0.239. The van der Waals surface area contributed by atoms with Gasteiger partial charge in [0.15, 0.2) is 0 Å². The lowest BCUT2D eigenvalue weighted by molar-refractivity contribution is -0.124. The molecule has 1 fully saturated rings. The smallest absolute Gasteiger partial charge is 0.263 e. The fourth-order valence-corrected chi connectivity index (χ4v) is 2.64. The number of piperidine rings is 1. The zero-order chi connectivity index (χ0) is 14.3. The Bertz CT molecular complexity index is 782. The number of rotatable bonds is 1. The van der Waals surface area contributed by atoms with Gasteiger partial charge < -0.3 is 5.32 Å². The molecule has 5 nitrogen and oxygen atoms in total. The number of allylic oxidation sites excluding steroid dienone is 1. The van der Waals surface area contributed by atoms with Gasteiger partial charge in [-0.05, 0) is 25.0 Å². The summed E-state index contributed by atoms with van der Waals surface area (Å²) in [5, 5.41) is 3.35. The summed E-state index contributed by atoms with van der Waals surface area (Å²) in [4.78, 5) is 28.7. The first-order valence-corrected chi connectivity index (χ1v) is 6.60. The van der Waals surface area contributed by atoms with E-state index in [1.165, 1.54) is 10.9 Å². The second-order valence-electron chi connectivity index (χ2n) is 4.74. The lowest BCUT2D eigenvalue weighted by Gasteiger charge is -2.25. The zero-order valence-corrected chi connectivity index (χ0v) is 11.4. The molecule has 0 bridgehead atoms. The van der Waals surface area contributed by atoms with Gasteiger partial charge in [0, 0.05) is 5.70 Å². The molecule has 2 aromatic rings. The number of carbonyl (C=O) groups is 1. The second-order valence-corrected chi connectivity index (χ2v) is 5.15. The third kappa shape index (κ3) is 2.00. The van der Waals surface area contributed by atoms with Crippen molar-refractivity contribution in [3.8, 4) is 0 Å². The number of amides is 1. The van der Waals surface area contributed by atoms with Crippen LogP contribution in [0.15, 0.2) is 41.6 Å². The van der Waals surface area contributed by atoms with E-state index < -0.39 is 6.04 Å². The van der Waals surface area contributed by atoms with E-state index >= 15 is 0 Å². The van der Waals surface area contributed by atoms with Gasteiger partial charge >= 0.3 is 0 Å². The van der Waals surface area contributed by atoms with Crippen molar-refractivity contribution in [1.29, 1.82) is 0 Å². The fraction of sp³-hybridized carbons (Fsp3) is 0.214. The Morgan fingerprint density at radius 3 is 2.95 bits per heavy atom. The number of hydrogen-bond acceptors (Lipinski definition) is 3. The minimum Gasteiger partial charge on any atom is -0.329 e. The molecular weight excluding hydrogens is 278 g/mol. The predicted molar refractivity (Wildman–Crippen MR) is 76.6 cm³/mol. The van der Waals surface area contributed by atoms with Gasteiger partial charge in [-0.15, -0.1) is 0 Å². The van der Waals surface area contributed by atoms with Crippen LogP contribution in [0.1, 0.15) is 18.9 Å². The maximum Gasteiger partial charge on any atom is 0.263 e. The topological polar surface area (TPSA) is 64.0 Å². The Balaban J connectivity index is 2.16. The molecule has 1 aromatic heterocycles. The fourth-order valence-electron chi connectivity index (χ4n) is 2.39. The minimum atomic E-state index is -0.568. The summed E-state index contributed by atoms with van der Waals surface area (Å²) in [5.74, 6) is -0.239. The second kappa shape index (κ2) is 4.76. The van der Waals surface area contributed by atoms with Gasteiger partial charge in [-0.25, -0.2) is 4.98 Å². The highest BCUT2D eigenvalue weighted by Crippen LogP contribution is 2.22. The summed E-state index contributed by atoms with van der Waals surface area (Å²) in [6.45, 7) is 3.72. The molecule has 1 saturated heterocycles. The first-order chi connectivity index (χ1) is 9.58. The van der Waals surface area contributed by atoms with Crippen LogP contribution in [-0.2, 0) is 4.79 Å². The van der Waals surface area contributed by atoms with Crippen LogP contribution in [0, 0.1) is 0 Å². The zero-order valence-electron chi connectivity index (χ0n) is 10.6. The van der Waals surface area contributed by atoms with Crippen molar-refractivity contribution in [3.05, 3.63) is 52.2 Å². The van der Waals surface area contributed by atoms with E-state index in [0.717, 1.165) is 0 Å². The van der Waals surface area contributed by atoms with Gasteiger partial charge in [-0.1, -0.05) is 24.2 Å². The number of benzene rings is 1. The van der Waals surface area contributed by atoms with Crippen molar-refractivity contribution in [2.75, 3.05) is 0 Å². The molecular formula is C14H12ClN3O2. The van der Waals surface area contributed by atoms with Gasteiger partial charge in [0.05, 0.1) is 22.3 Å². The summed E-state index contributed by atoms with van der Waals surface area (Å²) in [6.07, 6.45) is 2.57. The number of carbonyl (C=O) groups excluding carboxylic acids is 1. The third-order valence-electron chi connectivity index (χ3n) is 3.42. The quantitative estimate of drug-likeness (QED) is 0.873. The maximum absolute atomic E-state index is 12.5. The van der Waals surface area contributed by atoms with Crippen molar-refractivity contribution in [2.24, 2.45) is 0 Å². The molecule has 0 aliphatic carbocycles. The highest BCUT2D eigenvalue weighted by molar-refractivity contribution is 6.35. The number of nitrogens with zero attached hydrogens (tertiary/aromatic N) is 2. The van der Waals surface area contributed by atoms with Crippen LogP contribution in [0.4, 0.5) is 0 Å². The molecule has 0 spiro atoms. The molecule has 20 heavy (non-hydrogen) atoms. The highest BCUT2D eigenvalue weighted by atomic mass is 35.5. The van der Waals surface area contributed by atoms with Gasteiger partial charge in [0.2, 0.25) is 5.91 Å². The molecule has 1 aliphatic heterocycles. The molecule has 1 unspecified atom stereocenters. The van der Waals surface area contributed by atoms with Gasteiger partial charge in [-0.2, -0.15) is 0 Å². The molecule has 2 heterocycles. The molecule has 1 aliphatic rings. The molecule has 1 N–H and O–H groups in total. The Kier molecular flexibility index (Phi) is 3.06. The first kappa shape index (κ1) is 12.9. The van der Waals surface area contributed by atoms with Crippen molar-refractivity contribution in [2.45, 2.75) is 18.9 Å². The largest absolute Gasteiger partial charge is 0.329 e. The Labute approximate surface area is 119 Å². The van der Waals surface area contributed by atoms with Crippen LogP contribution in [0.3, 0.4) is 0 Å². The number of halogens is 1. The molecule has 1 amide bonds. The molecule has 0 radical (unpaired) electrons. The van der Waals surface area contributed by atoms with Crippen molar-refractivity contribution < 1.29 is 4.79 Å². The van der Waals surface area contributed by atoms with E-state index in [4.69, 9.17) is 11.6 Å². The van der Waals surface area contributed by atoms with Crippen LogP contribution >= 0.6 is 11.6 Å². The van der Waals surface area contributed by atoms with Crippen LogP contribution in [0.25, 0.3) is 10.9 Å². The number of aromatic nitrogens is 2. The van der Waals surface area contributed by atoms with Gasteiger partial charge in [-0.3, -0.25) is 14.2 Å². The SMILES string of the molecule is C=C1CCC(n2cnc3cccc(Cl)c3c2=O)C(=O)N1. The van der Waals surface area contributed by atoms with E-state index in [-0.39, 0.29) is 11.5 Å². The number of fused-ring (bicyclic) bond motifs is 1. The van der Waals surface area contributed by atoms with E-state index in [1.54, 1.807) is 18.2 Å². The monoisotopic (exact) mass is 289 g/mol. The van der Waals surface area contributed by atoms with Crippen molar-refractivity contribution in [1.82, 2.24) is 14.9 Å². The van der Waals surface area contributed by atoms with Crippen molar-refractivity contribution >= 4 is 28.4 Å². The third-order valence-corrected chi connectivity index (χ3v) is 3.73. The summed E-state index contributed by atoms with van der Waals surface area (Å²) in [7, 11) is 0. The van der Waals surface area contributed by atoms with E-state index in [1.807, 2.05) is 0 Å². The van der Waals surface area contributed by atoms with Crippen LogP contribution < -0.4 is 10.9 Å². The Hall–Kier alpha value is -2.14. The molecule has 102 valence electrons. The maximum atomic E-state index is 12.5. The van der Waals surface area contributed by atoms with Gasteiger partial charge in [0.25, 0.3) is 5.56 Å². The Morgan fingerprint density at radius 2 is 2.20 bits per heavy atom. The highest BCUT2D eigenvalue weighted by Gasteiger charge is 2.27. The molecule has 1 aromatic carbocycles. The summed E-state index contributed by atoms with van der Waals surface area (Å²) < 4.78 is 1.34. The summed E-state index contributed by atoms with van der Waals surface area (Å²) in [6, 6.07) is 4.52. The van der Waals surface area contributed by atoms with Crippen LogP contribution in [0.5, 0.6) is 0 Å². The van der Waals surface area contributed by atoms with Crippen LogP contribution in [0.2, 0.25) is 5.02 Å². The first-order valence-electron chi connectivity index (χ1n) is 6.22. The molecule has 3 rings (SSSR count). The number of hydrogen-bond donors (Lipinski definition) is 1. The summed E-state index contributed by atoms with van der Waals surface area (Å²) in [5.41, 5.74) is 0.902. The normalized spacial score (nSPS) is 19.1. The predicted octanol–water partition coefficient (Wildman–Crippen LogP) is 2.01. The molecule has 6 heteroatoms. The Morgan fingerprint density at radius 1 is 1.40 bits per heavy atom. The lowest BCUT2D eigenvalue weighted by Crippen LogP contribution is -2.40. The van der Waals surface area contributed by atoms with E-state index in [0.29, 0.717) is 34.5 Å². The summed E-state index contributed by atoms with van der Waals surface area (Å²) >= 11 is 6.06. The standard InChI is InChI=1S/C14H12ClN3O2/c1-8-5-6-11(13(19)17-8)18-7-16-10-4-2-3-9(15)12(10)14(18)20/h2-4,7,11H,1,5-6H2,(H,17,19). The van der Waals surface area contributed by atoms with E-state index in [2.05, 4.69) is 16.9 Å². The van der Waals surface area contributed by atoms with Crippen LogP contribution in [-0.4, -0.2) is 15.5 Å². The van der Waals surface area contributed by atoms with E-state index in [9.17, 15) is 9.59 Å². The van der Waals surface area contributed by atoms with Gasteiger partial charge in [0.1, 0.15) is 6.04 Å². The average molecular weight is 290 g/mol. The molecule has 1 atom stereocenters. The number of nitrogens with one attached hydrogen (secondary N) is 1. The lowest BCUT2D eigenvalue weighted by atomic mass is 10.0. The van der Waals surface area contributed by atoms with Crippen molar-refractivity contribution in [3.63, 3.8) is 0 Å².